The molecule has 1 aliphatic heterocycles. The van der Waals surface area contributed by atoms with Gasteiger partial charge in [0.25, 0.3) is 5.01 Å². The minimum atomic E-state index is 0.669. The summed E-state index contributed by atoms with van der Waals surface area (Å²) in [7, 11) is 2.20. The van der Waals surface area contributed by atoms with Gasteiger partial charge in [0, 0.05) is 23.6 Å². The Hall–Kier alpha value is -2.30. The highest BCUT2D eigenvalue weighted by atomic mass is 32.2. The lowest BCUT2D eigenvalue weighted by molar-refractivity contribution is -0.642. The van der Waals surface area contributed by atoms with Gasteiger partial charge in [0.05, 0.1) is 10.7 Å². The maximum Gasteiger partial charge on any atom is 0.262 e. The average molecular weight is 488 g/mol. The van der Waals surface area contributed by atoms with Crippen LogP contribution >= 0.6 is 23.1 Å². The summed E-state index contributed by atoms with van der Waals surface area (Å²) in [5, 5.41) is 2.69. The first kappa shape index (κ1) is 23.4. The number of benzene rings is 2. The molecule has 34 heavy (non-hydrogen) atoms. The van der Waals surface area contributed by atoms with Gasteiger partial charge in [0.1, 0.15) is 11.7 Å². The van der Waals surface area contributed by atoms with Crippen LogP contribution in [0.5, 0.6) is 0 Å². The van der Waals surface area contributed by atoms with Crippen molar-refractivity contribution in [1.82, 2.24) is 0 Å². The molecule has 176 valence electrons. The van der Waals surface area contributed by atoms with Crippen molar-refractivity contribution < 1.29 is 4.57 Å². The first-order chi connectivity index (χ1) is 16.3. The van der Waals surface area contributed by atoms with Crippen molar-refractivity contribution >= 4 is 45.1 Å². The molecule has 0 saturated carbocycles. The third-order valence-electron chi connectivity index (χ3n) is 7.15. The fourth-order valence-electron chi connectivity index (χ4n) is 5.08. The first-order valence-corrected chi connectivity index (χ1v) is 14.0. The van der Waals surface area contributed by atoms with Crippen LogP contribution in [0.4, 0.5) is 5.69 Å². The molecule has 2 nitrogen and oxygen atoms in total. The Morgan fingerprint density at radius 2 is 1.82 bits per heavy atom. The van der Waals surface area contributed by atoms with E-state index in [1.165, 1.54) is 53.1 Å². The van der Waals surface area contributed by atoms with Gasteiger partial charge in [-0.15, -0.1) is 0 Å². The summed E-state index contributed by atoms with van der Waals surface area (Å²) in [5.41, 5.74) is 8.24. The molecule has 1 atom stereocenters. The summed E-state index contributed by atoms with van der Waals surface area (Å²) in [4.78, 5) is 3.85. The highest BCUT2D eigenvalue weighted by Crippen LogP contribution is 2.47. The van der Waals surface area contributed by atoms with E-state index in [9.17, 15) is 0 Å². The van der Waals surface area contributed by atoms with E-state index in [2.05, 4.69) is 106 Å². The van der Waals surface area contributed by atoms with Crippen LogP contribution in [0.3, 0.4) is 0 Å². The van der Waals surface area contributed by atoms with Crippen LogP contribution in [0.25, 0.3) is 16.3 Å². The van der Waals surface area contributed by atoms with E-state index in [-0.39, 0.29) is 0 Å². The SMILES string of the molecule is CCN1C(=CC2=CC(=Cc3sc4cc(C)ccc4[n+]3C)CC(C(C)C)C2)Sc2cc(C)ccc21. The second kappa shape index (κ2) is 9.39. The summed E-state index contributed by atoms with van der Waals surface area (Å²) in [6, 6.07) is 13.6. The van der Waals surface area contributed by atoms with Gasteiger partial charge in [0.2, 0.25) is 5.52 Å². The largest absolute Gasteiger partial charge is 0.335 e. The summed E-state index contributed by atoms with van der Waals surface area (Å²) in [6.07, 6.45) is 9.67. The van der Waals surface area contributed by atoms with Crippen molar-refractivity contribution in [3.05, 3.63) is 80.9 Å². The third kappa shape index (κ3) is 4.50. The van der Waals surface area contributed by atoms with Gasteiger partial charge in [-0.05, 0) is 92.0 Å². The molecule has 0 spiro atoms. The Morgan fingerprint density at radius 1 is 1.06 bits per heavy atom. The maximum absolute atomic E-state index is 2.47. The van der Waals surface area contributed by atoms with Crippen LogP contribution in [0, 0.1) is 25.7 Å². The minimum Gasteiger partial charge on any atom is -0.335 e. The monoisotopic (exact) mass is 487 g/mol. The molecule has 3 aromatic rings. The topological polar surface area (TPSA) is 7.12 Å². The third-order valence-corrected chi connectivity index (χ3v) is 9.39. The van der Waals surface area contributed by atoms with Crippen LogP contribution in [-0.4, -0.2) is 6.54 Å². The van der Waals surface area contributed by atoms with E-state index in [1.807, 2.05) is 23.1 Å². The first-order valence-electron chi connectivity index (χ1n) is 12.4. The molecule has 0 bridgehead atoms. The van der Waals surface area contributed by atoms with E-state index >= 15 is 0 Å². The highest BCUT2D eigenvalue weighted by molar-refractivity contribution is 8.03. The van der Waals surface area contributed by atoms with E-state index in [0.29, 0.717) is 11.8 Å². The number of hydrogen-bond acceptors (Lipinski definition) is 3. The number of fused-ring (bicyclic) bond motifs is 2. The van der Waals surface area contributed by atoms with Crippen molar-refractivity contribution in [2.75, 3.05) is 11.4 Å². The molecule has 0 amide bonds. The fourth-order valence-corrected chi connectivity index (χ4v) is 7.60. The summed E-state index contributed by atoms with van der Waals surface area (Å²) in [6.45, 7) is 12.4. The van der Waals surface area contributed by atoms with Gasteiger partial charge in [-0.3, -0.25) is 0 Å². The molecular weight excluding hydrogens is 452 g/mol. The van der Waals surface area contributed by atoms with Crippen LogP contribution in [-0.2, 0) is 7.05 Å². The summed E-state index contributed by atoms with van der Waals surface area (Å²) >= 11 is 3.82. The fraction of sp³-hybridized carbons (Fsp3) is 0.367. The molecule has 1 unspecified atom stereocenters. The van der Waals surface area contributed by atoms with Gasteiger partial charge in [-0.25, -0.2) is 0 Å². The van der Waals surface area contributed by atoms with Crippen molar-refractivity contribution in [1.29, 1.82) is 0 Å². The molecule has 1 aromatic heterocycles. The number of allylic oxidation sites excluding steroid dienone is 4. The average Bonchev–Trinajstić information content (AvgIpc) is 3.28. The van der Waals surface area contributed by atoms with Gasteiger partial charge in [0.15, 0.2) is 0 Å². The smallest absolute Gasteiger partial charge is 0.262 e. The number of aryl methyl sites for hydroxylation is 3. The van der Waals surface area contributed by atoms with Crippen molar-refractivity contribution in [3.63, 3.8) is 0 Å². The van der Waals surface area contributed by atoms with E-state index in [0.717, 1.165) is 19.4 Å². The van der Waals surface area contributed by atoms with Crippen LogP contribution in [0.15, 0.2) is 69.6 Å². The number of thiazole rings is 1. The maximum atomic E-state index is 2.47. The Balaban J connectivity index is 1.52. The molecule has 5 rings (SSSR count). The number of thioether (sulfide) groups is 1. The zero-order valence-corrected chi connectivity index (χ0v) is 22.8. The molecule has 0 fully saturated rings. The van der Waals surface area contributed by atoms with Crippen molar-refractivity contribution in [2.45, 2.75) is 52.4 Å². The number of aromatic nitrogens is 1. The predicted octanol–water partition coefficient (Wildman–Crippen LogP) is 8.19. The molecule has 2 aromatic carbocycles. The number of rotatable bonds is 4. The lowest BCUT2D eigenvalue weighted by atomic mass is 9.79. The standard InChI is InChI=1S/C30H35N2S2/c1-7-32-26-11-9-21(5)13-28(26)34-30(32)18-23-14-22(15-24(16-23)19(2)3)17-29-31(6)25-10-8-20(4)12-27(25)33-29/h8-14,17-19,24H,7,15-16H2,1-6H3/q+1. The summed E-state index contributed by atoms with van der Waals surface area (Å²) in [5.74, 6) is 1.35. The molecule has 1 aliphatic carbocycles. The Kier molecular flexibility index (Phi) is 6.47. The molecule has 0 saturated heterocycles. The molecule has 0 N–H and O–H groups in total. The lowest BCUT2D eigenvalue weighted by Crippen LogP contribution is -2.29. The van der Waals surface area contributed by atoms with Gasteiger partial charge in [-0.2, -0.15) is 4.57 Å². The van der Waals surface area contributed by atoms with Crippen LogP contribution in [0.1, 0.15) is 49.7 Å². The van der Waals surface area contributed by atoms with Gasteiger partial charge >= 0.3 is 0 Å². The Bertz CT molecular complexity index is 1340. The van der Waals surface area contributed by atoms with E-state index in [1.54, 1.807) is 0 Å². The number of nitrogens with zero attached hydrogens (tertiary/aromatic N) is 2. The minimum absolute atomic E-state index is 0.669. The zero-order chi connectivity index (χ0) is 24.0. The van der Waals surface area contributed by atoms with Crippen molar-refractivity contribution in [3.8, 4) is 0 Å². The molecule has 0 radical (unpaired) electrons. The molecular formula is C30H35N2S2+. The number of anilines is 1. The number of hydrogen-bond donors (Lipinski definition) is 0. The predicted molar refractivity (Wildman–Crippen MR) is 149 cm³/mol. The van der Waals surface area contributed by atoms with Gasteiger partial charge < -0.3 is 4.90 Å². The zero-order valence-electron chi connectivity index (χ0n) is 21.2. The van der Waals surface area contributed by atoms with Crippen molar-refractivity contribution in [2.24, 2.45) is 18.9 Å². The Morgan fingerprint density at radius 3 is 2.59 bits per heavy atom. The summed E-state index contributed by atoms with van der Waals surface area (Å²) < 4.78 is 3.72. The molecule has 2 aliphatic rings. The normalized spacial score (nSPS) is 20.6. The van der Waals surface area contributed by atoms with Crippen LogP contribution < -0.4 is 9.47 Å². The van der Waals surface area contributed by atoms with Crippen LogP contribution in [0.2, 0.25) is 0 Å². The lowest BCUT2D eigenvalue weighted by Gasteiger charge is -2.27. The molecule has 2 heterocycles. The second-order valence-electron chi connectivity index (χ2n) is 10.1. The Labute approximate surface area is 212 Å². The molecule has 4 heteroatoms. The van der Waals surface area contributed by atoms with E-state index in [4.69, 9.17) is 0 Å². The van der Waals surface area contributed by atoms with E-state index < -0.39 is 0 Å². The highest BCUT2D eigenvalue weighted by Gasteiger charge is 2.27. The van der Waals surface area contributed by atoms with Gasteiger partial charge in [-0.1, -0.05) is 55.2 Å². The quantitative estimate of drug-likeness (QED) is 0.342. The second-order valence-corrected chi connectivity index (χ2v) is 12.2.